The second kappa shape index (κ2) is 11.4. The van der Waals surface area contributed by atoms with Crippen molar-refractivity contribution in [2.45, 2.75) is 13.3 Å². The molecule has 0 radical (unpaired) electrons. The number of amides is 1. The predicted molar refractivity (Wildman–Crippen MR) is 127 cm³/mol. The van der Waals surface area contributed by atoms with E-state index in [2.05, 4.69) is 4.90 Å². The molecule has 176 valence electrons. The molecule has 2 aromatic carbocycles. The Morgan fingerprint density at radius 3 is 2.73 bits per heavy atom. The van der Waals surface area contributed by atoms with E-state index in [1.807, 2.05) is 25.1 Å². The smallest absolute Gasteiger partial charge is 0.266 e. The molecule has 0 bridgehead atoms. The minimum atomic E-state index is -0.349. The molecule has 1 saturated heterocycles. The van der Waals surface area contributed by atoms with E-state index in [0.717, 1.165) is 49.5 Å². The van der Waals surface area contributed by atoms with Crippen LogP contribution in [-0.4, -0.2) is 68.4 Å². The Bertz CT molecular complexity index is 1050. The quantitative estimate of drug-likeness (QED) is 0.444. The molecule has 7 nitrogen and oxygen atoms in total. The lowest BCUT2D eigenvalue weighted by Crippen LogP contribution is -2.40. The number of carbonyl (C=O) groups is 1. The highest BCUT2D eigenvalue weighted by Crippen LogP contribution is 2.34. The molecule has 0 aliphatic carbocycles. The van der Waals surface area contributed by atoms with Crippen LogP contribution >= 0.6 is 11.3 Å². The van der Waals surface area contributed by atoms with E-state index < -0.39 is 0 Å². The van der Waals surface area contributed by atoms with E-state index in [-0.39, 0.29) is 18.3 Å². The van der Waals surface area contributed by atoms with E-state index in [0.29, 0.717) is 29.8 Å². The molecule has 1 amide bonds. The first-order chi connectivity index (χ1) is 16.1. The summed E-state index contributed by atoms with van der Waals surface area (Å²) < 4.78 is 30.9. The van der Waals surface area contributed by atoms with Crippen LogP contribution in [0.1, 0.15) is 13.3 Å². The van der Waals surface area contributed by atoms with E-state index in [1.54, 1.807) is 4.90 Å². The number of rotatable bonds is 10. The van der Waals surface area contributed by atoms with Gasteiger partial charge in [-0.25, -0.2) is 9.37 Å². The molecule has 1 aliphatic rings. The molecule has 0 saturated carbocycles. The zero-order chi connectivity index (χ0) is 23.0. The van der Waals surface area contributed by atoms with Gasteiger partial charge in [0.1, 0.15) is 22.8 Å². The van der Waals surface area contributed by atoms with Crippen molar-refractivity contribution in [3.05, 3.63) is 48.3 Å². The van der Waals surface area contributed by atoms with Crippen molar-refractivity contribution in [3.63, 3.8) is 0 Å². The molecule has 0 N–H and O–H groups in total. The number of ether oxygens (including phenoxy) is 3. The third-order valence-electron chi connectivity index (χ3n) is 5.34. The molecule has 0 spiro atoms. The summed E-state index contributed by atoms with van der Waals surface area (Å²) in [7, 11) is 0. The lowest BCUT2D eigenvalue weighted by molar-refractivity contribution is -0.120. The fourth-order valence-corrected chi connectivity index (χ4v) is 4.68. The van der Waals surface area contributed by atoms with Crippen molar-refractivity contribution in [1.82, 2.24) is 9.88 Å². The third-order valence-corrected chi connectivity index (χ3v) is 6.38. The lowest BCUT2D eigenvalue weighted by atomic mass is 10.3. The third kappa shape index (κ3) is 6.19. The monoisotopic (exact) mass is 473 g/mol. The van der Waals surface area contributed by atoms with Gasteiger partial charge in [0, 0.05) is 26.2 Å². The largest absolute Gasteiger partial charge is 0.492 e. The molecule has 9 heteroatoms. The van der Waals surface area contributed by atoms with Crippen molar-refractivity contribution < 1.29 is 23.4 Å². The summed E-state index contributed by atoms with van der Waals surface area (Å²) >= 11 is 1.46. The number of aromatic nitrogens is 1. The Labute approximate surface area is 196 Å². The molecular formula is C24H28FN3O4S. The number of fused-ring (bicyclic) bond motifs is 1. The zero-order valence-electron chi connectivity index (χ0n) is 18.7. The predicted octanol–water partition coefficient (Wildman–Crippen LogP) is 3.97. The van der Waals surface area contributed by atoms with Crippen molar-refractivity contribution in [1.29, 1.82) is 0 Å². The second-order valence-electron chi connectivity index (χ2n) is 7.63. The van der Waals surface area contributed by atoms with E-state index in [9.17, 15) is 9.18 Å². The molecule has 0 atom stereocenters. The highest BCUT2D eigenvalue weighted by atomic mass is 32.1. The van der Waals surface area contributed by atoms with Crippen LogP contribution in [0, 0.1) is 5.82 Å². The Kier molecular flexibility index (Phi) is 8.09. The average molecular weight is 474 g/mol. The minimum Gasteiger partial charge on any atom is -0.492 e. The van der Waals surface area contributed by atoms with E-state index in [1.165, 1.54) is 35.6 Å². The fourth-order valence-electron chi connectivity index (χ4n) is 3.66. The number of carbonyl (C=O) groups excluding carboxylic acids is 1. The van der Waals surface area contributed by atoms with Crippen LogP contribution in [0.25, 0.3) is 10.2 Å². The first-order valence-electron chi connectivity index (χ1n) is 11.1. The SMILES string of the molecule is CCOc1cccc2sc(N(CCCN3CCOCC3)C(=O)COc3ccc(F)cc3)nc12. The van der Waals surface area contributed by atoms with Crippen LogP contribution in [-0.2, 0) is 9.53 Å². The Morgan fingerprint density at radius 1 is 1.18 bits per heavy atom. The first kappa shape index (κ1) is 23.4. The second-order valence-corrected chi connectivity index (χ2v) is 8.64. The number of hydrogen-bond acceptors (Lipinski definition) is 7. The van der Waals surface area contributed by atoms with Gasteiger partial charge in [-0.05, 0) is 49.7 Å². The number of hydrogen-bond donors (Lipinski definition) is 0. The number of thiazole rings is 1. The topological polar surface area (TPSA) is 64.1 Å². The first-order valence-corrected chi connectivity index (χ1v) is 12.0. The summed E-state index contributed by atoms with van der Waals surface area (Å²) in [5, 5.41) is 0.617. The average Bonchev–Trinajstić information content (AvgIpc) is 3.27. The maximum Gasteiger partial charge on any atom is 0.266 e. The van der Waals surface area contributed by atoms with Gasteiger partial charge in [0.05, 0.1) is 24.5 Å². The summed E-state index contributed by atoms with van der Waals surface area (Å²) in [6.07, 6.45) is 0.802. The van der Waals surface area contributed by atoms with Crippen molar-refractivity contribution in [3.8, 4) is 11.5 Å². The van der Waals surface area contributed by atoms with Crippen LogP contribution in [0.3, 0.4) is 0 Å². The number of anilines is 1. The molecule has 4 rings (SSSR count). The van der Waals surface area contributed by atoms with Gasteiger partial charge < -0.3 is 14.2 Å². The fraction of sp³-hybridized carbons (Fsp3) is 0.417. The number of morpholine rings is 1. The molecule has 1 aromatic heterocycles. The molecule has 2 heterocycles. The van der Waals surface area contributed by atoms with Crippen LogP contribution in [0.5, 0.6) is 11.5 Å². The molecule has 0 unspecified atom stereocenters. The maximum absolute atomic E-state index is 13.2. The van der Waals surface area contributed by atoms with Crippen LogP contribution in [0.15, 0.2) is 42.5 Å². The zero-order valence-corrected chi connectivity index (χ0v) is 19.5. The Hall–Kier alpha value is -2.75. The Balaban J connectivity index is 1.49. The molecule has 33 heavy (non-hydrogen) atoms. The van der Waals surface area contributed by atoms with Crippen molar-refractivity contribution in [2.24, 2.45) is 0 Å². The maximum atomic E-state index is 13.2. The molecular weight excluding hydrogens is 445 g/mol. The normalized spacial score (nSPS) is 14.4. The van der Waals surface area contributed by atoms with E-state index >= 15 is 0 Å². The van der Waals surface area contributed by atoms with Crippen molar-refractivity contribution in [2.75, 3.05) is 57.5 Å². The highest BCUT2D eigenvalue weighted by Gasteiger charge is 2.22. The van der Waals surface area contributed by atoms with Gasteiger partial charge in [-0.2, -0.15) is 0 Å². The molecule has 3 aromatic rings. The summed E-state index contributed by atoms with van der Waals surface area (Å²) in [5.74, 6) is 0.609. The van der Waals surface area contributed by atoms with Crippen molar-refractivity contribution >= 4 is 32.6 Å². The molecule has 1 aliphatic heterocycles. The molecule has 1 fully saturated rings. The number of nitrogens with zero attached hydrogens (tertiary/aromatic N) is 3. The van der Waals surface area contributed by atoms with Gasteiger partial charge in [0.25, 0.3) is 5.91 Å². The Morgan fingerprint density at radius 2 is 1.97 bits per heavy atom. The van der Waals surface area contributed by atoms with Gasteiger partial charge in [0.2, 0.25) is 0 Å². The van der Waals surface area contributed by atoms with Gasteiger partial charge in [-0.15, -0.1) is 0 Å². The number of benzene rings is 2. The van der Waals surface area contributed by atoms with Gasteiger partial charge in [-0.3, -0.25) is 14.6 Å². The van der Waals surface area contributed by atoms with Crippen LogP contribution < -0.4 is 14.4 Å². The van der Waals surface area contributed by atoms with Gasteiger partial charge in [-0.1, -0.05) is 17.4 Å². The lowest BCUT2D eigenvalue weighted by Gasteiger charge is -2.27. The van der Waals surface area contributed by atoms with E-state index in [4.69, 9.17) is 19.2 Å². The number of halogens is 1. The number of para-hydroxylation sites is 1. The summed E-state index contributed by atoms with van der Waals surface area (Å²) in [6.45, 7) is 7.00. The summed E-state index contributed by atoms with van der Waals surface area (Å²) in [6, 6.07) is 11.4. The van der Waals surface area contributed by atoms with Crippen LogP contribution in [0.4, 0.5) is 9.52 Å². The minimum absolute atomic E-state index is 0.155. The van der Waals surface area contributed by atoms with Gasteiger partial charge >= 0.3 is 0 Å². The summed E-state index contributed by atoms with van der Waals surface area (Å²) in [5.41, 5.74) is 0.754. The summed E-state index contributed by atoms with van der Waals surface area (Å²) in [4.78, 5) is 22.0. The van der Waals surface area contributed by atoms with Gasteiger partial charge in [0.15, 0.2) is 11.7 Å². The van der Waals surface area contributed by atoms with Crippen LogP contribution in [0.2, 0.25) is 0 Å². The standard InChI is InChI=1S/C24H28FN3O4S/c1-2-31-20-5-3-6-21-23(20)26-24(33-21)28(12-4-11-27-13-15-30-16-14-27)22(29)17-32-19-9-7-18(25)8-10-19/h3,5-10H,2,4,11-17H2,1H3. The highest BCUT2D eigenvalue weighted by molar-refractivity contribution is 7.22.